The third kappa shape index (κ3) is 5.10. The summed E-state index contributed by atoms with van der Waals surface area (Å²) in [6, 6.07) is 1.39. The van der Waals surface area contributed by atoms with E-state index in [0.29, 0.717) is 12.2 Å². The number of aryl methyl sites for hydroxylation is 1. The number of nitrogens with zero attached hydrogens (tertiary/aromatic N) is 2. The van der Waals surface area contributed by atoms with Crippen molar-refractivity contribution in [3.63, 3.8) is 0 Å². The van der Waals surface area contributed by atoms with Gasteiger partial charge in [-0.25, -0.2) is 0 Å². The van der Waals surface area contributed by atoms with E-state index in [1.807, 2.05) is 13.8 Å². The van der Waals surface area contributed by atoms with Crippen molar-refractivity contribution >= 4 is 24.0 Å². The smallest absolute Gasteiger partial charge is 0.288 e. The van der Waals surface area contributed by atoms with Crippen molar-refractivity contribution in [2.45, 2.75) is 26.8 Å². The lowest BCUT2D eigenvalue weighted by Crippen LogP contribution is -2.39. The molecule has 0 aliphatic heterocycles. The fraction of sp³-hybridized carbons (Fsp3) is 0.500. The normalized spacial score (nSPS) is 11.3. The molecule has 0 saturated carbocycles. The van der Waals surface area contributed by atoms with E-state index < -0.39 is 4.92 Å². The Morgan fingerprint density at radius 3 is 2.75 bits per heavy atom. The van der Waals surface area contributed by atoms with E-state index in [-0.39, 0.29) is 35.6 Å². The minimum Gasteiger partial charge on any atom is -0.350 e. The van der Waals surface area contributed by atoms with Crippen LogP contribution in [0.3, 0.4) is 0 Å². The van der Waals surface area contributed by atoms with Gasteiger partial charge in [-0.2, -0.15) is 0 Å². The van der Waals surface area contributed by atoms with Crippen LogP contribution >= 0.6 is 12.4 Å². The van der Waals surface area contributed by atoms with Gasteiger partial charge in [-0.05, 0) is 20.4 Å². The topological polar surface area (TPSA) is 97.2 Å². The second-order valence-electron chi connectivity index (χ2n) is 4.25. The molecule has 1 heterocycles. The Hall–Kier alpha value is -1.73. The minimum absolute atomic E-state index is 0. The zero-order chi connectivity index (χ0) is 14.4. The highest BCUT2D eigenvalue weighted by atomic mass is 35.5. The molecule has 8 heteroatoms. The summed E-state index contributed by atoms with van der Waals surface area (Å²) in [7, 11) is 0. The minimum atomic E-state index is -0.565. The number of hydrogen-bond acceptors (Lipinski definition) is 5. The molecule has 0 spiro atoms. The van der Waals surface area contributed by atoms with Gasteiger partial charge in [0.05, 0.1) is 16.2 Å². The molecule has 2 N–H and O–H groups in total. The quantitative estimate of drug-likeness (QED) is 0.612. The summed E-state index contributed by atoms with van der Waals surface area (Å²) in [5, 5.41) is 16.5. The summed E-state index contributed by atoms with van der Waals surface area (Å²) in [6.07, 6.45) is 1.15. The van der Waals surface area contributed by atoms with E-state index in [1.165, 1.54) is 6.07 Å². The van der Waals surface area contributed by atoms with Gasteiger partial charge in [0.15, 0.2) is 0 Å². The summed E-state index contributed by atoms with van der Waals surface area (Å²) >= 11 is 0. The van der Waals surface area contributed by atoms with Crippen molar-refractivity contribution in [1.82, 2.24) is 15.6 Å². The summed E-state index contributed by atoms with van der Waals surface area (Å²) in [4.78, 5) is 25.9. The summed E-state index contributed by atoms with van der Waals surface area (Å²) in [5.74, 6) is -0.349. The first-order valence-corrected chi connectivity index (χ1v) is 6.08. The molecule has 0 bridgehead atoms. The van der Waals surface area contributed by atoms with Gasteiger partial charge in [0.2, 0.25) is 0 Å². The number of pyridine rings is 1. The van der Waals surface area contributed by atoms with Crippen LogP contribution in [0.4, 0.5) is 5.69 Å². The Kier molecular flexibility index (Phi) is 7.71. The van der Waals surface area contributed by atoms with Gasteiger partial charge >= 0.3 is 0 Å². The Morgan fingerprint density at radius 2 is 2.20 bits per heavy atom. The average molecular weight is 303 g/mol. The molecule has 0 unspecified atom stereocenters. The van der Waals surface area contributed by atoms with Crippen LogP contribution < -0.4 is 10.6 Å². The van der Waals surface area contributed by atoms with Crippen molar-refractivity contribution in [1.29, 1.82) is 0 Å². The van der Waals surface area contributed by atoms with E-state index in [4.69, 9.17) is 0 Å². The SMILES string of the molecule is CCN[C@H](C)CNC(=O)c1cc([N+](=O)[O-])cnc1C.Cl. The molecule has 20 heavy (non-hydrogen) atoms. The van der Waals surface area contributed by atoms with Gasteiger partial charge in [0, 0.05) is 18.7 Å². The van der Waals surface area contributed by atoms with E-state index in [0.717, 1.165) is 12.7 Å². The molecule has 1 atom stereocenters. The highest BCUT2D eigenvalue weighted by molar-refractivity contribution is 5.95. The number of aromatic nitrogens is 1. The van der Waals surface area contributed by atoms with Gasteiger partial charge in [0.25, 0.3) is 11.6 Å². The van der Waals surface area contributed by atoms with Crippen molar-refractivity contribution in [2.75, 3.05) is 13.1 Å². The third-order valence-corrected chi connectivity index (χ3v) is 2.65. The molecule has 0 aromatic carbocycles. The predicted octanol–water partition coefficient (Wildman–Crippen LogP) is 1.45. The van der Waals surface area contributed by atoms with Crippen molar-refractivity contribution < 1.29 is 9.72 Å². The van der Waals surface area contributed by atoms with Gasteiger partial charge in [-0.15, -0.1) is 12.4 Å². The van der Waals surface area contributed by atoms with E-state index in [1.54, 1.807) is 6.92 Å². The largest absolute Gasteiger partial charge is 0.350 e. The first-order valence-electron chi connectivity index (χ1n) is 6.08. The van der Waals surface area contributed by atoms with Crippen LogP contribution in [-0.4, -0.2) is 34.9 Å². The Bertz CT molecular complexity index is 482. The van der Waals surface area contributed by atoms with Crippen LogP contribution in [0.2, 0.25) is 0 Å². The van der Waals surface area contributed by atoms with Gasteiger partial charge in [0.1, 0.15) is 6.20 Å². The lowest BCUT2D eigenvalue weighted by Gasteiger charge is -2.13. The summed E-state index contributed by atoms with van der Waals surface area (Å²) < 4.78 is 0. The number of likely N-dealkylation sites (N-methyl/N-ethyl adjacent to an activating group) is 1. The first-order chi connectivity index (χ1) is 8.95. The molecule has 0 aliphatic rings. The molecule has 0 aliphatic carbocycles. The average Bonchev–Trinajstić information content (AvgIpc) is 2.36. The molecule has 1 aromatic rings. The number of carbonyl (C=O) groups is 1. The number of rotatable bonds is 6. The predicted molar refractivity (Wildman–Crippen MR) is 78.3 cm³/mol. The Labute approximate surface area is 123 Å². The maximum atomic E-state index is 11.9. The lowest BCUT2D eigenvalue weighted by molar-refractivity contribution is -0.385. The molecule has 7 nitrogen and oxygen atoms in total. The van der Waals surface area contributed by atoms with E-state index in [2.05, 4.69) is 15.6 Å². The number of halogens is 1. The van der Waals surface area contributed by atoms with Crippen LogP contribution in [0, 0.1) is 17.0 Å². The number of nitro groups is 1. The van der Waals surface area contributed by atoms with Crippen molar-refractivity contribution in [2.24, 2.45) is 0 Å². The lowest BCUT2D eigenvalue weighted by atomic mass is 10.1. The van der Waals surface area contributed by atoms with Crippen LogP contribution in [0.1, 0.15) is 29.9 Å². The first kappa shape index (κ1) is 18.3. The van der Waals surface area contributed by atoms with Gasteiger partial charge in [-0.3, -0.25) is 19.9 Å². The molecule has 0 radical (unpaired) electrons. The van der Waals surface area contributed by atoms with Crippen molar-refractivity contribution in [3.8, 4) is 0 Å². The highest BCUT2D eigenvalue weighted by Gasteiger charge is 2.16. The molecule has 0 fully saturated rings. The standard InChI is InChI=1S/C12H18N4O3.ClH/c1-4-13-8(2)6-15-12(17)11-5-10(16(18)19)7-14-9(11)3;/h5,7-8,13H,4,6H2,1-3H3,(H,15,17);1H/t8-;/m1./s1. The number of amides is 1. The monoisotopic (exact) mass is 302 g/mol. The third-order valence-electron chi connectivity index (χ3n) is 2.65. The van der Waals surface area contributed by atoms with E-state index in [9.17, 15) is 14.9 Å². The Morgan fingerprint density at radius 1 is 1.55 bits per heavy atom. The van der Waals surface area contributed by atoms with Gasteiger partial charge < -0.3 is 10.6 Å². The van der Waals surface area contributed by atoms with Crippen LogP contribution in [0.25, 0.3) is 0 Å². The van der Waals surface area contributed by atoms with Crippen molar-refractivity contribution in [3.05, 3.63) is 33.6 Å². The highest BCUT2D eigenvalue weighted by Crippen LogP contribution is 2.14. The molecule has 112 valence electrons. The molecule has 1 amide bonds. The summed E-state index contributed by atoms with van der Waals surface area (Å²) in [5.41, 5.74) is 0.521. The van der Waals surface area contributed by atoms with Crippen LogP contribution in [-0.2, 0) is 0 Å². The second-order valence-corrected chi connectivity index (χ2v) is 4.25. The van der Waals surface area contributed by atoms with Gasteiger partial charge in [-0.1, -0.05) is 6.92 Å². The zero-order valence-corrected chi connectivity index (χ0v) is 12.5. The maximum Gasteiger partial charge on any atom is 0.288 e. The molecule has 1 rings (SSSR count). The second kappa shape index (κ2) is 8.44. The van der Waals surface area contributed by atoms with E-state index >= 15 is 0 Å². The maximum absolute atomic E-state index is 11.9. The number of carbonyl (C=O) groups excluding carboxylic acids is 1. The molecular weight excluding hydrogens is 284 g/mol. The molecule has 0 saturated heterocycles. The fourth-order valence-electron chi connectivity index (χ4n) is 1.61. The molecule has 1 aromatic heterocycles. The number of nitrogens with one attached hydrogen (secondary N) is 2. The Balaban J connectivity index is 0.00000361. The zero-order valence-electron chi connectivity index (χ0n) is 11.7. The van der Waals surface area contributed by atoms with Crippen LogP contribution in [0.15, 0.2) is 12.3 Å². The van der Waals surface area contributed by atoms with Crippen LogP contribution in [0.5, 0.6) is 0 Å². The summed E-state index contributed by atoms with van der Waals surface area (Å²) in [6.45, 7) is 6.84. The fourth-order valence-corrected chi connectivity index (χ4v) is 1.61. The number of hydrogen-bond donors (Lipinski definition) is 2. The molecular formula is C12H19ClN4O3.